The van der Waals surface area contributed by atoms with Crippen LogP contribution in [-0.2, 0) is 0 Å². The summed E-state index contributed by atoms with van der Waals surface area (Å²) < 4.78 is 1.63. The van der Waals surface area contributed by atoms with Crippen LogP contribution in [0.15, 0.2) is 29.1 Å². The van der Waals surface area contributed by atoms with Crippen molar-refractivity contribution < 1.29 is 4.79 Å². The molecule has 2 aromatic rings. The number of rotatable bonds is 2. The van der Waals surface area contributed by atoms with Gasteiger partial charge in [-0.2, -0.15) is 5.10 Å². The molecule has 0 spiro atoms. The number of benzene rings is 1. The van der Waals surface area contributed by atoms with Gasteiger partial charge in [0.1, 0.15) is 0 Å². The zero-order valence-electron chi connectivity index (χ0n) is 10.6. The topological polar surface area (TPSA) is 52.0 Å². The lowest BCUT2D eigenvalue weighted by Gasteiger charge is -2.13. The van der Waals surface area contributed by atoms with Crippen LogP contribution in [0.5, 0.6) is 0 Å². The SMILES string of the molecule is Cc1cccc(-n2nc(C=O)c(=O)cc2C)c1C. The predicted octanol–water partition coefficient (Wildman–Crippen LogP) is 1.97. The molecular formula is C14H14N2O2. The van der Waals surface area contributed by atoms with E-state index in [9.17, 15) is 9.59 Å². The van der Waals surface area contributed by atoms with Gasteiger partial charge in [0, 0.05) is 11.8 Å². The molecule has 92 valence electrons. The molecule has 1 aromatic carbocycles. The number of nitrogens with zero attached hydrogens (tertiary/aromatic N) is 2. The van der Waals surface area contributed by atoms with Crippen molar-refractivity contribution in [1.29, 1.82) is 0 Å². The van der Waals surface area contributed by atoms with Crippen LogP contribution >= 0.6 is 0 Å². The molecule has 0 aliphatic carbocycles. The van der Waals surface area contributed by atoms with Gasteiger partial charge < -0.3 is 0 Å². The lowest BCUT2D eigenvalue weighted by Crippen LogP contribution is -2.18. The first-order valence-electron chi connectivity index (χ1n) is 5.67. The predicted molar refractivity (Wildman–Crippen MR) is 69.4 cm³/mol. The number of aldehydes is 1. The highest BCUT2D eigenvalue weighted by atomic mass is 16.1. The molecule has 0 atom stereocenters. The first kappa shape index (κ1) is 12.2. The normalized spacial score (nSPS) is 10.4. The van der Waals surface area contributed by atoms with E-state index >= 15 is 0 Å². The molecule has 0 radical (unpaired) electrons. The molecule has 4 heteroatoms. The molecule has 0 fully saturated rings. The summed E-state index contributed by atoms with van der Waals surface area (Å²) in [5.41, 5.74) is 3.40. The fourth-order valence-electron chi connectivity index (χ4n) is 1.85. The Bertz CT molecular complexity index is 672. The molecular weight excluding hydrogens is 228 g/mol. The van der Waals surface area contributed by atoms with Crippen molar-refractivity contribution in [2.75, 3.05) is 0 Å². The molecule has 0 aliphatic rings. The Kier molecular flexibility index (Phi) is 3.10. The van der Waals surface area contributed by atoms with Crippen molar-refractivity contribution in [2.45, 2.75) is 20.8 Å². The van der Waals surface area contributed by atoms with Crippen molar-refractivity contribution in [3.63, 3.8) is 0 Å². The number of carbonyl (C=O) groups excluding carboxylic acids is 1. The Hall–Kier alpha value is -2.23. The van der Waals surface area contributed by atoms with E-state index in [1.807, 2.05) is 32.0 Å². The second-order valence-corrected chi connectivity index (χ2v) is 4.28. The Morgan fingerprint density at radius 3 is 2.61 bits per heavy atom. The first-order chi connectivity index (χ1) is 8.54. The van der Waals surface area contributed by atoms with Gasteiger partial charge in [0.05, 0.1) is 5.69 Å². The smallest absolute Gasteiger partial charge is 0.211 e. The average Bonchev–Trinajstić information content (AvgIpc) is 2.34. The van der Waals surface area contributed by atoms with Crippen LogP contribution in [0, 0.1) is 20.8 Å². The summed E-state index contributed by atoms with van der Waals surface area (Å²) in [5, 5.41) is 4.10. The Labute approximate surface area is 105 Å². The highest BCUT2D eigenvalue weighted by Gasteiger charge is 2.09. The maximum atomic E-state index is 11.5. The van der Waals surface area contributed by atoms with Gasteiger partial charge in [-0.05, 0) is 38.0 Å². The van der Waals surface area contributed by atoms with E-state index in [1.54, 1.807) is 11.6 Å². The minimum absolute atomic E-state index is 0.0680. The van der Waals surface area contributed by atoms with E-state index in [4.69, 9.17) is 0 Å². The van der Waals surface area contributed by atoms with E-state index in [1.165, 1.54) is 6.07 Å². The molecule has 4 nitrogen and oxygen atoms in total. The summed E-state index contributed by atoms with van der Waals surface area (Å²) in [7, 11) is 0. The zero-order chi connectivity index (χ0) is 13.3. The number of carbonyl (C=O) groups is 1. The number of hydrogen-bond donors (Lipinski definition) is 0. The van der Waals surface area contributed by atoms with E-state index in [0.29, 0.717) is 12.0 Å². The highest BCUT2D eigenvalue weighted by Crippen LogP contribution is 2.17. The quantitative estimate of drug-likeness (QED) is 0.756. The van der Waals surface area contributed by atoms with Gasteiger partial charge in [-0.1, -0.05) is 12.1 Å². The summed E-state index contributed by atoms with van der Waals surface area (Å²) in [6, 6.07) is 7.29. The summed E-state index contributed by atoms with van der Waals surface area (Å²) in [6.07, 6.45) is 0.489. The second-order valence-electron chi connectivity index (χ2n) is 4.28. The lowest BCUT2D eigenvalue weighted by molar-refractivity contribution is 0.111. The number of hydrogen-bond acceptors (Lipinski definition) is 3. The fraction of sp³-hybridized carbons (Fsp3) is 0.214. The molecule has 0 N–H and O–H groups in total. The van der Waals surface area contributed by atoms with E-state index in [-0.39, 0.29) is 11.1 Å². The van der Waals surface area contributed by atoms with Crippen molar-refractivity contribution in [3.8, 4) is 5.69 Å². The summed E-state index contributed by atoms with van der Waals surface area (Å²) in [5.74, 6) is 0. The van der Waals surface area contributed by atoms with Crippen LogP contribution < -0.4 is 5.43 Å². The minimum atomic E-state index is -0.343. The van der Waals surface area contributed by atoms with Crippen molar-refractivity contribution >= 4 is 6.29 Å². The Balaban J connectivity index is 2.75. The molecule has 1 aromatic heterocycles. The van der Waals surface area contributed by atoms with Gasteiger partial charge in [-0.3, -0.25) is 9.59 Å². The maximum absolute atomic E-state index is 11.5. The number of aromatic nitrogens is 2. The summed E-state index contributed by atoms with van der Waals surface area (Å²) in [4.78, 5) is 22.3. The van der Waals surface area contributed by atoms with Crippen LogP contribution in [0.3, 0.4) is 0 Å². The van der Waals surface area contributed by atoms with Crippen LogP contribution in [0.4, 0.5) is 0 Å². The average molecular weight is 242 g/mol. The fourth-order valence-corrected chi connectivity index (χ4v) is 1.85. The second kappa shape index (κ2) is 4.56. The van der Waals surface area contributed by atoms with E-state index < -0.39 is 0 Å². The molecule has 0 bridgehead atoms. The third-order valence-corrected chi connectivity index (χ3v) is 3.05. The number of aryl methyl sites for hydroxylation is 2. The molecule has 2 rings (SSSR count). The van der Waals surface area contributed by atoms with E-state index in [2.05, 4.69) is 5.10 Å². The van der Waals surface area contributed by atoms with Gasteiger partial charge in [0.2, 0.25) is 5.43 Å². The Morgan fingerprint density at radius 1 is 1.22 bits per heavy atom. The Morgan fingerprint density at radius 2 is 1.94 bits per heavy atom. The zero-order valence-corrected chi connectivity index (χ0v) is 10.6. The third-order valence-electron chi connectivity index (χ3n) is 3.05. The van der Waals surface area contributed by atoms with Gasteiger partial charge in [-0.25, -0.2) is 4.68 Å². The van der Waals surface area contributed by atoms with E-state index in [0.717, 1.165) is 16.8 Å². The van der Waals surface area contributed by atoms with Crippen molar-refractivity contribution in [1.82, 2.24) is 9.78 Å². The van der Waals surface area contributed by atoms with Gasteiger partial charge in [0.15, 0.2) is 12.0 Å². The minimum Gasteiger partial charge on any atom is -0.296 e. The molecule has 0 unspecified atom stereocenters. The van der Waals surface area contributed by atoms with Crippen LogP contribution in [0.1, 0.15) is 27.3 Å². The monoisotopic (exact) mass is 242 g/mol. The van der Waals surface area contributed by atoms with Crippen LogP contribution in [0.25, 0.3) is 5.69 Å². The van der Waals surface area contributed by atoms with Crippen molar-refractivity contribution in [3.05, 3.63) is 57.0 Å². The maximum Gasteiger partial charge on any atom is 0.211 e. The molecule has 0 aliphatic heterocycles. The van der Waals surface area contributed by atoms with Crippen LogP contribution in [0.2, 0.25) is 0 Å². The summed E-state index contributed by atoms with van der Waals surface area (Å²) >= 11 is 0. The standard InChI is InChI=1S/C14H14N2O2/c1-9-5-4-6-13(11(9)3)16-10(2)7-14(18)12(8-17)15-16/h4-8H,1-3H3. The van der Waals surface area contributed by atoms with Gasteiger partial charge in [0.25, 0.3) is 0 Å². The molecule has 0 saturated heterocycles. The van der Waals surface area contributed by atoms with Crippen LogP contribution in [-0.4, -0.2) is 16.1 Å². The third kappa shape index (κ3) is 1.97. The molecule has 18 heavy (non-hydrogen) atoms. The van der Waals surface area contributed by atoms with Crippen molar-refractivity contribution in [2.24, 2.45) is 0 Å². The molecule has 0 amide bonds. The molecule has 1 heterocycles. The highest BCUT2D eigenvalue weighted by molar-refractivity contribution is 5.71. The lowest BCUT2D eigenvalue weighted by atomic mass is 10.1. The van der Waals surface area contributed by atoms with Gasteiger partial charge in [-0.15, -0.1) is 0 Å². The largest absolute Gasteiger partial charge is 0.296 e. The summed E-state index contributed by atoms with van der Waals surface area (Å²) in [6.45, 7) is 5.80. The van der Waals surface area contributed by atoms with Gasteiger partial charge >= 0.3 is 0 Å². The first-order valence-corrected chi connectivity index (χ1v) is 5.67. The molecule has 0 saturated carbocycles.